The van der Waals surface area contributed by atoms with Gasteiger partial charge in [0.25, 0.3) is 5.56 Å². The van der Waals surface area contributed by atoms with E-state index in [1.807, 2.05) is 54.6 Å². The molecule has 0 saturated carbocycles. The van der Waals surface area contributed by atoms with E-state index in [9.17, 15) is 14.4 Å². The van der Waals surface area contributed by atoms with Crippen molar-refractivity contribution in [3.05, 3.63) is 108 Å². The molecule has 8 heteroatoms. The number of benzene rings is 2. The molecule has 1 aromatic heterocycles. The molecule has 32 heavy (non-hydrogen) atoms. The van der Waals surface area contributed by atoms with E-state index < -0.39 is 23.1 Å². The summed E-state index contributed by atoms with van der Waals surface area (Å²) in [5.74, 6) is -0.844. The van der Waals surface area contributed by atoms with Crippen LogP contribution in [-0.2, 0) is 30.2 Å². The van der Waals surface area contributed by atoms with Crippen LogP contribution < -0.4 is 16.6 Å². The van der Waals surface area contributed by atoms with Crippen LogP contribution in [0.25, 0.3) is 0 Å². The van der Waals surface area contributed by atoms with Gasteiger partial charge in [-0.15, -0.1) is 0 Å². The number of halogens is 1. The van der Waals surface area contributed by atoms with Crippen LogP contribution in [0.5, 0.6) is 0 Å². The first kappa shape index (κ1) is 21.8. The minimum Gasteiger partial charge on any atom is -0.457 e. The van der Waals surface area contributed by atoms with Gasteiger partial charge in [0.05, 0.1) is 17.1 Å². The van der Waals surface area contributed by atoms with Crippen LogP contribution in [0.1, 0.15) is 29.5 Å². The quantitative estimate of drug-likeness (QED) is 0.560. The smallest absolute Gasteiger partial charge is 0.337 e. The predicted octanol–water partition coefficient (Wildman–Crippen LogP) is 3.42. The van der Waals surface area contributed by atoms with Crippen LogP contribution in [0.4, 0.5) is 5.82 Å². The molecule has 0 spiro atoms. The Morgan fingerprint density at radius 2 is 1.78 bits per heavy atom. The molecule has 164 valence electrons. The maximum absolute atomic E-state index is 13.3. The fourth-order valence-electron chi connectivity index (χ4n) is 3.98. The van der Waals surface area contributed by atoms with Crippen LogP contribution in [0.15, 0.2) is 79.9 Å². The van der Waals surface area contributed by atoms with E-state index >= 15 is 0 Å². The van der Waals surface area contributed by atoms with E-state index in [1.165, 1.54) is 11.6 Å². The summed E-state index contributed by atoms with van der Waals surface area (Å²) in [6, 6.07) is 16.8. The van der Waals surface area contributed by atoms with Gasteiger partial charge in [0.15, 0.2) is 0 Å². The third-order valence-corrected chi connectivity index (χ3v) is 6.09. The van der Waals surface area contributed by atoms with Crippen LogP contribution >= 0.6 is 15.9 Å². The van der Waals surface area contributed by atoms with Crippen LogP contribution in [0, 0.1) is 0 Å². The van der Waals surface area contributed by atoms with Gasteiger partial charge < -0.3 is 10.1 Å². The average molecular weight is 496 g/mol. The number of nitrogens with one attached hydrogen (secondary N) is 1. The van der Waals surface area contributed by atoms with E-state index in [4.69, 9.17) is 4.74 Å². The Morgan fingerprint density at radius 1 is 1.06 bits per heavy atom. The van der Waals surface area contributed by atoms with Crippen molar-refractivity contribution in [3.63, 3.8) is 0 Å². The molecule has 2 heterocycles. The lowest BCUT2D eigenvalue weighted by molar-refractivity contribution is -0.140. The van der Waals surface area contributed by atoms with Gasteiger partial charge in [0, 0.05) is 24.3 Å². The number of nitrogens with zero attached hydrogens (tertiary/aromatic N) is 2. The Labute approximate surface area is 193 Å². The number of esters is 1. The lowest BCUT2D eigenvalue weighted by Gasteiger charge is -2.31. The molecule has 1 N–H and O–H groups in total. The van der Waals surface area contributed by atoms with Crippen LogP contribution in [0.2, 0.25) is 0 Å². The largest absolute Gasteiger partial charge is 0.457 e. The lowest BCUT2D eigenvalue weighted by atomic mass is 9.82. The molecule has 0 bridgehead atoms. The Balaban J connectivity index is 1.87. The second-order valence-electron chi connectivity index (χ2n) is 7.68. The van der Waals surface area contributed by atoms with Crippen molar-refractivity contribution in [1.29, 1.82) is 0 Å². The molecular weight excluding hydrogens is 474 g/mol. The highest BCUT2D eigenvalue weighted by Crippen LogP contribution is 2.40. The second-order valence-corrected chi connectivity index (χ2v) is 8.60. The van der Waals surface area contributed by atoms with Gasteiger partial charge in [-0.3, -0.25) is 13.9 Å². The molecule has 0 fully saturated rings. The van der Waals surface area contributed by atoms with Gasteiger partial charge in [-0.05, 0) is 30.2 Å². The van der Waals surface area contributed by atoms with Crippen molar-refractivity contribution in [2.75, 3.05) is 5.32 Å². The minimum atomic E-state index is -0.697. The highest BCUT2D eigenvalue weighted by atomic mass is 79.9. The first-order valence-electron chi connectivity index (χ1n) is 10.0. The molecule has 0 radical (unpaired) electrons. The molecule has 0 amide bonds. The topological polar surface area (TPSA) is 82.3 Å². The summed E-state index contributed by atoms with van der Waals surface area (Å²) >= 11 is 3.47. The standard InChI is InChI=1S/C24H22BrN3O4/c1-14-18(23(30)32-13-15-8-5-4-6-9-15)19(16-10-7-11-17(25)12-16)20-21(26-14)27(2)24(31)28(3)22(20)29/h4-12,19,26H,13H2,1-3H3. The summed E-state index contributed by atoms with van der Waals surface area (Å²) in [5, 5.41) is 3.10. The number of carbonyl (C=O) groups excluding carboxylic acids is 1. The van der Waals surface area contributed by atoms with Crippen LogP contribution in [0.3, 0.4) is 0 Å². The van der Waals surface area contributed by atoms with Crippen molar-refractivity contribution < 1.29 is 9.53 Å². The van der Waals surface area contributed by atoms with Gasteiger partial charge in [-0.1, -0.05) is 58.4 Å². The van der Waals surface area contributed by atoms with E-state index in [2.05, 4.69) is 21.2 Å². The van der Waals surface area contributed by atoms with Gasteiger partial charge >= 0.3 is 11.7 Å². The molecule has 4 rings (SSSR count). The zero-order chi connectivity index (χ0) is 23.0. The molecule has 1 aliphatic heterocycles. The van der Waals surface area contributed by atoms with E-state index in [1.54, 1.807) is 14.0 Å². The fraction of sp³-hybridized carbons (Fsp3) is 0.208. The molecule has 0 aliphatic carbocycles. The van der Waals surface area contributed by atoms with Gasteiger partial charge in [0.2, 0.25) is 0 Å². The molecule has 1 unspecified atom stereocenters. The number of allylic oxidation sites excluding steroid dienone is 1. The Hall–Kier alpha value is -3.39. The first-order valence-corrected chi connectivity index (χ1v) is 10.8. The Bertz CT molecular complexity index is 1360. The number of aromatic nitrogens is 2. The second kappa shape index (κ2) is 8.63. The van der Waals surface area contributed by atoms with Gasteiger partial charge in [0.1, 0.15) is 12.4 Å². The number of fused-ring (bicyclic) bond motifs is 1. The zero-order valence-electron chi connectivity index (χ0n) is 17.9. The van der Waals surface area contributed by atoms with Gasteiger partial charge in [-0.2, -0.15) is 0 Å². The summed E-state index contributed by atoms with van der Waals surface area (Å²) in [7, 11) is 3.03. The summed E-state index contributed by atoms with van der Waals surface area (Å²) in [5.41, 5.74) is 1.89. The molecule has 1 atom stereocenters. The summed E-state index contributed by atoms with van der Waals surface area (Å²) in [6.45, 7) is 1.86. The number of hydrogen-bond acceptors (Lipinski definition) is 5. The number of ether oxygens (including phenoxy) is 1. The highest BCUT2D eigenvalue weighted by molar-refractivity contribution is 9.10. The maximum atomic E-state index is 13.3. The van der Waals surface area contributed by atoms with E-state index in [-0.39, 0.29) is 6.61 Å². The number of hydrogen-bond donors (Lipinski definition) is 1. The normalized spacial score (nSPS) is 15.2. The Kier molecular flexibility index (Phi) is 5.88. The van der Waals surface area contributed by atoms with Crippen molar-refractivity contribution >= 4 is 27.7 Å². The number of anilines is 1. The summed E-state index contributed by atoms with van der Waals surface area (Å²) in [4.78, 5) is 39.0. The van der Waals surface area contributed by atoms with Crippen molar-refractivity contribution in [3.8, 4) is 0 Å². The van der Waals surface area contributed by atoms with E-state index in [0.29, 0.717) is 22.7 Å². The Morgan fingerprint density at radius 3 is 2.47 bits per heavy atom. The average Bonchev–Trinajstić information content (AvgIpc) is 2.79. The molecular formula is C24H22BrN3O4. The zero-order valence-corrected chi connectivity index (χ0v) is 19.5. The highest BCUT2D eigenvalue weighted by Gasteiger charge is 2.37. The molecule has 0 saturated heterocycles. The molecule has 1 aliphatic rings. The third-order valence-electron chi connectivity index (χ3n) is 5.60. The SMILES string of the molecule is CC1=C(C(=O)OCc2ccccc2)C(c2cccc(Br)c2)c2c(n(C)c(=O)n(C)c2=O)N1. The monoisotopic (exact) mass is 495 g/mol. The molecule has 2 aromatic carbocycles. The van der Waals surface area contributed by atoms with Crippen molar-refractivity contribution in [1.82, 2.24) is 9.13 Å². The summed E-state index contributed by atoms with van der Waals surface area (Å²) < 4.78 is 8.89. The molecule has 3 aromatic rings. The lowest BCUT2D eigenvalue weighted by Crippen LogP contribution is -2.43. The van der Waals surface area contributed by atoms with Gasteiger partial charge in [-0.25, -0.2) is 9.59 Å². The summed E-state index contributed by atoms with van der Waals surface area (Å²) in [6.07, 6.45) is 0. The fourth-order valence-corrected chi connectivity index (χ4v) is 4.40. The molecule has 7 nitrogen and oxygen atoms in total. The minimum absolute atomic E-state index is 0.111. The van der Waals surface area contributed by atoms with E-state index in [0.717, 1.165) is 20.2 Å². The first-order chi connectivity index (χ1) is 15.3. The number of rotatable bonds is 4. The number of carbonyl (C=O) groups is 1. The van der Waals surface area contributed by atoms with Crippen molar-refractivity contribution in [2.45, 2.75) is 19.4 Å². The maximum Gasteiger partial charge on any atom is 0.337 e. The predicted molar refractivity (Wildman–Crippen MR) is 125 cm³/mol. The van der Waals surface area contributed by atoms with Crippen LogP contribution in [-0.4, -0.2) is 15.1 Å². The van der Waals surface area contributed by atoms with Crippen molar-refractivity contribution in [2.24, 2.45) is 14.1 Å². The third kappa shape index (κ3) is 3.82.